The first-order valence-electron chi connectivity index (χ1n) is 8.07. The summed E-state index contributed by atoms with van der Waals surface area (Å²) in [6, 6.07) is 7.38. The van der Waals surface area contributed by atoms with Gasteiger partial charge in [0, 0.05) is 12.2 Å². The summed E-state index contributed by atoms with van der Waals surface area (Å²) < 4.78 is 10.4. The van der Waals surface area contributed by atoms with Crippen LogP contribution in [-0.4, -0.2) is 29.5 Å². The first-order chi connectivity index (χ1) is 11.6. The van der Waals surface area contributed by atoms with Crippen molar-refractivity contribution in [2.75, 3.05) is 7.11 Å². The fourth-order valence-corrected chi connectivity index (χ4v) is 3.12. The zero-order chi connectivity index (χ0) is 17.0. The van der Waals surface area contributed by atoms with E-state index >= 15 is 0 Å². The lowest BCUT2D eigenvalue weighted by molar-refractivity contribution is -0.152. The summed E-state index contributed by atoms with van der Waals surface area (Å²) >= 11 is 0. The minimum absolute atomic E-state index is 0.349. The molecule has 126 valence electrons. The van der Waals surface area contributed by atoms with E-state index < -0.39 is 5.54 Å². The number of hydrogen-bond acceptors (Lipinski definition) is 5. The SMILES string of the molecule is COC(=O)C1(NC(=O)/C=C/c2nc3ccccc3o2)CCCCC1. The lowest BCUT2D eigenvalue weighted by Gasteiger charge is -2.34. The number of nitrogens with zero attached hydrogens (tertiary/aromatic N) is 1. The third-order valence-electron chi connectivity index (χ3n) is 4.33. The van der Waals surface area contributed by atoms with Crippen molar-refractivity contribution in [1.29, 1.82) is 0 Å². The number of methoxy groups -OCH3 is 1. The molecule has 1 aromatic carbocycles. The molecule has 1 fully saturated rings. The number of aromatic nitrogens is 1. The second-order valence-corrected chi connectivity index (χ2v) is 5.98. The molecule has 24 heavy (non-hydrogen) atoms. The van der Waals surface area contributed by atoms with Crippen LogP contribution in [0.3, 0.4) is 0 Å². The Morgan fingerprint density at radius 2 is 2.00 bits per heavy atom. The number of ether oxygens (including phenoxy) is 1. The molecular weight excluding hydrogens is 308 g/mol. The van der Waals surface area contributed by atoms with Crippen LogP contribution in [0.15, 0.2) is 34.8 Å². The first kappa shape index (κ1) is 16.2. The van der Waals surface area contributed by atoms with Crippen molar-refractivity contribution in [3.8, 4) is 0 Å². The Morgan fingerprint density at radius 1 is 1.25 bits per heavy atom. The molecule has 1 aliphatic carbocycles. The molecule has 1 aromatic heterocycles. The molecule has 6 nitrogen and oxygen atoms in total. The number of oxazole rings is 1. The summed E-state index contributed by atoms with van der Waals surface area (Å²) in [6.45, 7) is 0. The van der Waals surface area contributed by atoms with E-state index in [2.05, 4.69) is 10.3 Å². The second-order valence-electron chi connectivity index (χ2n) is 5.98. The molecule has 0 spiro atoms. The van der Waals surface area contributed by atoms with Gasteiger partial charge in [0.1, 0.15) is 11.1 Å². The highest BCUT2D eigenvalue weighted by Gasteiger charge is 2.41. The normalized spacial score (nSPS) is 17.0. The Labute approximate surface area is 139 Å². The van der Waals surface area contributed by atoms with E-state index in [9.17, 15) is 9.59 Å². The van der Waals surface area contributed by atoms with E-state index in [4.69, 9.17) is 9.15 Å². The number of amides is 1. The molecule has 0 saturated heterocycles. The van der Waals surface area contributed by atoms with E-state index in [0.717, 1.165) is 24.8 Å². The summed E-state index contributed by atoms with van der Waals surface area (Å²) in [5.41, 5.74) is 0.474. The smallest absolute Gasteiger partial charge is 0.331 e. The predicted molar refractivity (Wildman–Crippen MR) is 89.0 cm³/mol. The molecule has 0 atom stereocenters. The van der Waals surface area contributed by atoms with Crippen molar-refractivity contribution < 1.29 is 18.7 Å². The minimum Gasteiger partial charge on any atom is -0.467 e. The van der Waals surface area contributed by atoms with Gasteiger partial charge in [0.2, 0.25) is 11.8 Å². The highest BCUT2D eigenvalue weighted by Crippen LogP contribution is 2.29. The number of esters is 1. The molecule has 1 N–H and O–H groups in total. The maximum Gasteiger partial charge on any atom is 0.331 e. The van der Waals surface area contributed by atoms with Crippen molar-refractivity contribution in [1.82, 2.24) is 10.3 Å². The molecule has 1 heterocycles. The summed E-state index contributed by atoms with van der Waals surface area (Å²) in [7, 11) is 1.35. The maximum absolute atomic E-state index is 12.3. The third kappa shape index (κ3) is 3.32. The Kier molecular flexibility index (Phi) is 4.64. The van der Waals surface area contributed by atoms with Gasteiger partial charge in [-0.2, -0.15) is 0 Å². The highest BCUT2D eigenvalue weighted by molar-refractivity contribution is 5.96. The van der Waals surface area contributed by atoms with Gasteiger partial charge in [0.15, 0.2) is 5.58 Å². The van der Waals surface area contributed by atoms with Crippen LogP contribution in [-0.2, 0) is 14.3 Å². The number of carbonyl (C=O) groups is 2. The second kappa shape index (κ2) is 6.86. The molecule has 0 bridgehead atoms. The number of benzene rings is 1. The third-order valence-corrected chi connectivity index (χ3v) is 4.33. The van der Waals surface area contributed by atoms with Crippen molar-refractivity contribution in [3.05, 3.63) is 36.2 Å². The summed E-state index contributed by atoms with van der Waals surface area (Å²) in [5.74, 6) is -0.391. The van der Waals surface area contributed by atoms with E-state index in [1.165, 1.54) is 19.3 Å². The Morgan fingerprint density at radius 3 is 2.71 bits per heavy atom. The average molecular weight is 328 g/mol. The first-order valence-corrected chi connectivity index (χ1v) is 8.07. The Hall–Kier alpha value is -2.63. The monoisotopic (exact) mass is 328 g/mol. The molecule has 0 aliphatic heterocycles. The van der Waals surface area contributed by atoms with Gasteiger partial charge in [-0.3, -0.25) is 4.79 Å². The molecule has 1 saturated carbocycles. The van der Waals surface area contributed by atoms with Crippen molar-refractivity contribution >= 4 is 29.1 Å². The van der Waals surface area contributed by atoms with Crippen LogP contribution >= 0.6 is 0 Å². The van der Waals surface area contributed by atoms with Crippen LogP contribution in [0.1, 0.15) is 38.0 Å². The van der Waals surface area contributed by atoms with E-state index in [1.54, 1.807) is 0 Å². The minimum atomic E-state index is -0.921. The van der Waals surface area contributed by atoms with Crippen LogP contribution in [0.2, 0.25) is 0 Å². The standard InChI is InChI=1S/C18H20N2O4/c1-23-17(22)18(11-5-2-6-12-18)20-15(21)9-10-16-19-13-7-3-4-8-14(13)24-16/h3-4,7-10H,2,5-6,11-12H2,1H3,(H,20,21)/b10-9+. The van der Waals surface area contributed by atoms with Gasteiger partial charge in [-0.15, -0.1) is 0 Å². The summed E-state index contributed by atoms with van der Waals surface area (Å²) in [4.78, 5) is 28.6. The van der Waals surface area contributed by atoms with Gasteiger partial charge in [0.05, 0.1) is 7.11 Å². The largest absolute Gasteiger partial charge is 0.467 e. The van der Waals surface area contributed by atoms with Gasteiger partial charge in [-0.25, -0.2) is 9.78 Å². The van der Waals surface area contributed by atoms with Gasteiger partial charge in [-0.1, -0.05) is 31.4 Å². The predicted octanol–water partition coefficient (Wildman–Crippen LogP) is 2.83. The van der Waals surface area contributed by atoms with Crippen LogP contribution < -0.4 is 5.32 Å². The fraction of sp³-hybridized carbons (Fsp3) is 0.389. The number of nitrogens with one attached hydrogen (secondary N) is 1. The highest BCUT2D eigenvalue weighted by atomic mass is 16.5. The van der Waals surface area contributed by atoms with Gasteiger partial charge in [-0.05, 0) is 25.0 Å². The quantitative estimate of drug-likeness (QED) is 0.689. The van der Waals surface area contributed by atoms with Crippen molar-refractivity contribution in [2.45, 2.75) is 37.6 Å². The van der Waals surface area contributed by atoms with Crippen LogP contribution in [0.25, 0.3) is 17.2 Å². The topological polar surface area (TPSA) is 81.4 Å². The molecule has 6 heteroatoms. The van der Waals surface area contributed by atoms with Gasteiger partial charge < -0.3 is 14.5 Å². The number of fused-ring (bicyclic) bond motifs is 1. The van der Waals surface area contributed by atoms with Crippen molar-refractivity contribution in [3.63, 3.8) is 0 Å². The molecule has 2 aromatic rings. The zero-order valence-corrected chi connectivity index (χ0v) is 13.6. The molecule has 0 unspecified atom stereocenters. The molecule has 1 amide bonds. The molecule has 3 rings (SSSR count). The molecular formula is C18H20N2O4. The van der Waals surface area contributed by atoms with E-state index in [-0.39, 0.29) is 11.9 Å². The Balaban J connectivity index is 1.72. The van der Waals surface area contributed by atoms with E-state index in [1.807, 2.05) is 24.3 Å². The van der Waals surface area contributed by atoms with Crippen molar-refractivity contribution in [2.24, 2.45) is 0 Å². The number of carbonyl (C=O) groups excluding carboxylic acids is 2. The maximum atomic E-state index is 12.3. The average Bonchev–Trinajstić information content (AvgIpc) is 3.03. The van der Waals surface area contributed by atoms with Crippen LogP contribution in [0.5, 0.6) is 0 Å². The fourth-order valence-electron chi connectivity index (χ4n) is 3.12. The summed E-state index contributed by atoms with van der Waals surface area (Å²) in [6.07, 6.45) is 6.89. The number of hydrogen-bond donors (Lipinski definition) is 1. The zero-order valence-electron chi connectivity index (χ0n) is 13.6. The van der Waals surface area contributed by atoms with Crippen LogP contribution in [0, 0.1) is 0 Å². The number of para-hydroxylation sites is 2. The van der Waals surface area contributed by atoms with Gasteiger partial charge >= 0.3 is 5.97 Å². The lowest BCUT2D eigenvalue weighted by Crippen LogP contribution is -2.55. The Bertz CT molecular complexity index is 739. The number of rotatable bonds is 4. The lowest BCUT2D eigenvalue weighted by atomic mass is 9.81. The molecule has 0 radical (unpaired) electrons. The summed E-state index contributed by atoms with van der Waals surface area (Å²) in [5, 5.41) is 2.82. The van der Waals surface area contributed by atoms with Gasteiger partial charge in [0.25, 0.3) is 0 Å². The van der Waals surface area contributed by atoms with E-state index in [0.29, 0.717) is 24.3 Å². The molecule has 1 aliphatic rings. The van der Waals surface area contributed by atoms with Crippen LogP contribution in [0.4, 0.5) is 0 Å².